The highest BCUT2D eigenvalue weighted by Gasteiger charge is 2.43. The first-order chi connectivity index (χ1) is 14.2. The van der Waals surface area contributed by atoms with Gasteiger partial charge in [-0.15, -0.1) is 0 Å². The molecule has 1 nitrogen and oxygen atoms in total. The third-order valence-electron chi connectivity index (χ3n) is 6.86. The lowest BCUT2D eigenvalue weighted by molar-refractivity contribution is 0.345. The van der Waals surface area contributed by atoms with Crippen molar-refractivity contribution in [3.63, 3.8) is 0 Å². The van der Waals surface area contributed by atoms with Gasteiger partial charge in [0.25, 0.3) is 0 Å². The molecule has 3 aromatic carbocycles. The van der Waals surface area contributed by atoms with Gasteiger partial charge in [0.2, 0.25) is 0 Å². The van der Waals surface area contributed by atoms with Crippen LogP contribution in [-0.4, -0.2) is 12.2 Å². The SMILES string of the molecule is Cc1ccc(CCCCC2CCC3OC3C2)cc1-c1ccc2cc(F)ccc2c1. The second-order valence-electron chi connectivity index (χ2n) is 8.99. The van der Waals surface area contributed by atoms with Gasteiger partial charge in [-0.3, -0.25) is 0 Å². The van der Waals surface area contributed by atoms with E-state index in [1.807, 2.05) is 12.1 Å². The summed E-state index contributed by atoms with van der Waals surface area (Å²) >= 11 is 0. The largest absolute Gasteiger partial charge is 0.370 e. The molecule has 2 heteroatoms. The first kappa shape index (κ1) is 18.8. The zero-order valence-corrected chi connectivity index (χ0v) is 17.2. The van der Waals surface area contributed by atoms with Gasteiger partial charge in [-0.1, -0.05) is 49.2 Å². The number of fused-ring (bicyclic) bond motifs is 2. The molecule has 0 aromatic heterocycles. The van der Waals surface area contributed by atoms with Crippen molar-refractivity contribution in [3.8, 4) is 11.1 Å². The summed E-state index contributed by atoms with van der Waals surface area (Å²) in [7, 11) is 0. The molecule has 0 N–H and O–H groups in total. The molecule has 1 saturated carbocycles. The maximum Gasteiger partial charge on any atom is 0.123 e. The zero-order chi connectivity index (χ0) is 19.8. The summed E-state index contributed by atoms with van der Waals surface area (Å²) in [5.74, 6) is 0.705. The highest BCUT2D eigenvalue weighted by molar-refractivity contribution is 5.87. The molecule has 0 amide bonds. The maximum atomic E-state index is 13.5. The zero-order valence-electron chi connectivity index (χ0n) is 17.2. The fourth-order valence-corrected chi connectivity index (χ4v) is 5.03. The van der Waals surface area contributed by atoms with Crippen molar-refractivity contribution >= 4 is 10.8 Å². The molecule has 0 radical (unpaired) electrons. The molecule has 0 bridgehead atoms. The molecule has 3 atom stereocenters. The number of halogens is 1. The Kier molecular flexibility index (Phi) is 5.13. The highest BCUT2D eigenvalue weighted by Crippen LogP contribution is 2.41. The van der Waals surface area contributed by atoms with Crippen LogP contribution in [0.5, 0.6) is 0 Å². The van der Waals surface area contributed by atoms with E-state index in [9.17, 15) is 4.39 Å². The van der Waals surface area contributed by atoms with Crippen molar-refractivity contribution in [1.82, 2.24) is 0 Å². The Hall–Kier alpha value is -2.19. The van der Waals surface area contributed by atoms with E-state index in [-0.39, 0.29) is 5.82 Å². The molecule has 2 fully saturated rings. The molecule has 2 aliphatic rings. The first-order valence-corrected chi connectivity index (χ1v) is 11.1. The Morgan fingerprint density at radius 2 is 1.76 bits per heavy atom. The van der Waals surface area contributed by atoms with E-state index in [0.29, 0.717) is 12.2 Å². The first-order valence-electron chi connectivity index (χ1n) is 11.1. The lowest BCUT2D eigenvalue weighted by Crippen LogP contribution is -2.13. The summed E-state index contributed by atoms with van der Waals surface area (Å²) in [6.07, 6.45) is 10.2. The van der Waals surface area contributed by atoms with Gasteiger partial charge in [-0.2, -0.15) is 0 Å². The molecule has 0 spiro atoms. The second kappa shape index (κ2) is 7.91. The minimum Gasteiger partial charge on any atom is -0.370 e. The van der Waals surface area contributed by atoms with E-state index in [1.54, 1.807) is 6.07 Å². The Bertz CT molecular complexity index is 1020. The van der Waals surface area contributed by atoms with Crippen LogP contribution in [0.1, 0.15) is 49.7 Å². The van der Waals surface area contributed by atoms with Crippen LogP contribution in [0.15, 0.2) is 54.6 Å². The van der Waals surface area contributed by atoms with E-state index in [2.05, 4.69) is 37.3 Å². The van der Waals surface area contributed by atoms with Crippen molar-refractivity contribution in [2.45, 2.75) is 64.1 Å². The van der Waals surface area contributed by atoms with Crippen molar-refractivity contribution in [3.05, 3.63) is 71.5 Å². The van der Waals surface area contributed by atoms with Gasteiger partial charge >= 0.3 is 0 Å². The molecule has 3 aromatic rings. The third kappa shape index (κ3) is 4.23. The smallest absolute Gasteiger partial charge is 0.123 e. The van der Waals surface area contributed by atoms with E-state index in [1.165, 1.54) is 66.8 Å². The molecule has 1 aliphatic carbocycles. The van der Waals surface area contributed by atoms with Gasteiger partial charge in [0.1, 0.15) is 5.82 Å². The van der Waals surface area contributed by atoms with Crippen molar-refractivity contribution in [2.24, 2.45) is 5.92 Å². The standard InChI is InChI=1S/C27H29FO/c1-18-6-7-19(4-2-3-5-20-8-13-26-27(15-20)29-26)14-25(18)23-10-9-22-17-24(28)12-11-21(22)16-23/h6-7,9-12,14,16-17,20,26-27H,2-5,8,13,15H2,1H3. The van der Waals surface area contributed by atoms with Crippen LogP contribution in [0.4, 0.5) is 4.39 Å². The van der Waals surface area contributed by atoms with E-state index in [0.717, 1.165) is 23.1 Å². The predicted molar refractivity (Wildman–Crippen MR) is 118 cm³/mol. The fourth-order valence-electron chi connectivity index (χ4n) is 5.03. The predicted octanol–water partition coefficient (Wildman–Crippen LogP) is 7.23. The minimum atomic E-state index is -0.180. The number of unbranched alkanes of at least 4 members (excludes halogenated alkanes) is 1. The summed E-state index contributed by atoms with van der Waals surface area (Å²) in [6.45, 7) is 2.17. The molecular weight excluding hydrogens is 359 g/mol. The third-order valence-corrected chi connectivity index (χ3v) is 6.86. The number of epoxide rings is 1. The quantitative estimate of drug-likeness (QED) is 0.320. The number of ether oxygens (including phenoxy) is 1. The van der Waals surface area contributed by atoms with Gasteiger partial charge in [0.05, 0.1) is 12.2 Å². The Balaban J connectivity index is 1.24. The van der Waals surface area contributed by atoms with E-state index >= 15 is 0 Å². The number of hydrogen-bond acceptors (Lipinski definition) is 1. The van der Waals surface area contributed by atoms with Crippen molar-refractivity contribution < 1.29 is 9.13 Å². The van der Waals surface area contributed by atoms with Crippen LogP contribution in [0.2, 0.25) is 0 Å². The number of hydrogen-bond donors (Lipinski definition) is 0. The topological polar surface area (TPSA) is 12.5 Å². The van der Waals surface area contributed by atoms with Gasteiger partial charge < -0.3 is 4.74 Å². The number of aryl methyl sites for hydroxylation is 2. The van der Waals surface area contributed by atoms with E-state index in [4.69, 9.17) is 4.74 Å². The summed E-state index contributed by atoms with van der Waals surface area (Å²) in [4.78, 5) is 0. The average molecular weight is 389 g/mol. The maximum absolute atomic E-state index is 13.5. The second-order valence-corrected chi connectivity index (χ2v) is 8.99. The van der Waals surface area contributed by atoms with Crippen LogP contribution in [0.25, 0.3) is 21.9 Å². The molecule has 150 valence electrons. The Labute approximate surface area is 172 Å². The van der Waals surface area contributed by atoms with Crippen molar-refractivity contribution in [2.75, 3.05) is 0 Å². The van der Waals surface area contributed by atoms with Crippen LogP contribution in [0, 0.1) is 18.7 Å². The summed E-state index contributed by atoms with van der Waals surface area (Å²) in [5, 5.41) is 2.04. The summed E-state index contributed by atoms with van der Waals surface area (Å²) in [6, 6.07) is 18.2. The van der Waals surface area contributed by atoms with Crippen LogP contribution < -0.4 is 0 Å². The van der Waals surface area contributed by atoms with Crippen molar-refractivity contribution in [1.29, 1.82) is 0 Å². The highest BCUT2D eigenvalue weighted by atomic mass is 19.1. The molecular formula is C27H29FO. The molecule has 1 saturated heterocycles. The summed E-state index contributed by atoms with van der Waals surface area (Å²) < 4.78 is 19.1. The van der Waals surface area contributed by atoms with Crippen LogP contribution in [-0.2, 0) is 11.2 Å². The summed E-state index contributed by atoms with van der Waals surface area (Å²) in [5.41, 5.74) is 5.21. The molecule has 29 heavy (non-hydrogen) atoms. The van der Waals surface area contributed by atoms with Gasteiger partial charge in [-0.25, -0.2) is 4.39 Å². The molecule has 5 rings (SSSR count). The Morgan fingerprint density at radius 3 is 2.66 bits per heavy atom. The number of benzene rings is 3. The minimum absolute atomic E-state index is 0.180. The van der Waals surface area contributed by atoms with Gasteiger partial charge in [-0.05, 0) is 96.2 Å². The number of rotatable bonds is 6. The average Bonchev–Trinajstić information content (AvgIpc) is 3.51. The molecule has 1 heterocycles. The van der Waals surface area contributed by atoms with E-state index < -0.39 is 0 Å². The normalized spacial score (nSPS) is 23.2. The monoisotopic (exact) mass is 388 g/mol. The lowest BCUT2D eigenvalue weighted by atomic mass is 9.85. The lowest BCUT2D eigenvalue weighted by Gasteiger charge is -2.18. The Morgan fingerprint density at radius 1 is 0.897 bits per heavy atom. The van der Waals surface area contributed by atoms with Crippen LogP contribution >= 0.6 is 0 Å². The van der Waals surface area contributed by atoms with Gasteiger partial charge in [0.15, 0.2) is 0 Å². The van der Waals surface area contributed by atoms with Gasteiger partial charge in [0, 0.05) is 0 Å². The molecule has 1 aliphatic heterocycles. The fraction of sp³-hybridized carbons (Fsp3) is 0.407. The molecule has 3 unspecified atom stereocenters. The van der Waals surface area contributed by atoms with Crippen LogP contribution in [0.3, 0.4) is 0 Å².